The van der Waals surface area contributed by atoms with Crippen LogP contribution in [0.5, 0.6) is 0 Å². The first-order valence-electron chi connectivity index (χ1n) is 10.1. The highest BCUT2D eigenvalue weighted by molar-refractivity contribution is 9.10. The van der Waals surface area contributed by atoms with Gasteiger partial charge in [-0.1, -0.05) is 64.8 Å². The quantitative estimate of drug-likeness (QED) is 0.396. The fraction of sp³-hybridized carbons (Fsp3) is 0.208. The summed E-state index contributed by atoms with van der Waals surface area (Å²) in [5.41, 5.74) is 3.39. The number of hydrogen-bond donors (Lipinski definition) is 1. The van der Waals surface area contributed by atoms with Crippen molar-refractivity contribution in [3.63, 3.8) is 0 Å². The average molecular weight is 536 g/mol. The predicted molar refractivity (Wildman–Crippen MR) is 132 cm³/mol. The topological polar surface area (TPSA) is 66.5 Å². The van der Waals surface area contributed by atoms with E-state index in [1.807, 2.05) is 32.0 Å². The van der Waals surface area contributed by atoms with Crippen LogP contribution >= 0.6 is 27.5 Å². The normalized spacial score (nSPS) is 11.5. The van der Waals surface area contributed by atoms with Crippen LogP contribution in [0, 0.1) is 6.92 Å². The summed E-state index contributed by atoms with van der Waals surface area (Å²) in [5.74, 6) is -0.399. The zero-order valence-electron chi connectivity index (χ0n) is 17.8. The summed E-state index contributed by atoms with van der Waals surface area (Å²) in [6.07, 6.45) is 0.753. The first-order valence-corrected chi connectivity index (χ1v) is 12.7. The number of nitrogens with one attached hydrogen (secondary N) is 1. The molecule has 32 heavy (non-hydrogen) atoms. The number of carbonyl (C=O) groups is 1. The van der Waals surface area contributed by atoms with Crippen LogP contribution in [0.2, 0.25) is 5.02 Å². The molecule has 0 aromatic heterocycles. The number of rotatable bonds is 8. The Hall–Kier alpha value is -2.19. The highest BCUT2D eigenvalue weighted by atomic mass is 79.9. The van der Waals surface area contributed by atoms with E-state index in [1.165, 1.54) is 16.4 Å². The number of sulfonamides is 1. The van der Waals surface area contributed by atoms with Gasteiger partial charge in [0.05, 0.1) is 11.4 Å². The molecule has 0 atom stereocenters. The molecule has 0 heterocycles. The molecule has 1 N–H and O–H groups in total. The molecule has 168 valence electrons. The standard InChI is InChI=1S/C24H24BrClN2O3S/c1-3-19-6-4-5-17(2)24(19)27-23(29)16-28(15-18-7-11-21(26)12-8-18)32(30,31)22-13-9-20(25)10-14-22/h4-14H,3,15-16H2,1-2H3,(H,27,29). The van der Waals surface area contributed by atoms with Crippen molar-refractivity contribution in [3.8, 4) is 0 Å². The third kappa shape index (κ3) is 5.98. The predicted octanol–water partition coefficient (Wildman–Crippen LogP) is 5.80. The number of para-hydroxylation sites is 1. The second-order valence-electron chi connectivity index (χ2n) is 7.36. The summed E-state index contributed by atoms with van der Waals surface area (Å²) in [6, 6.07) is 19.1. The lowest BCUT2D eigenvalue weighted by atomic mass is 10.1. The van der Waals surface area contributed by atoms with Crippen LogP contribution < -0.4 is 5.32 Å². The Morgan fingerprint density at radius 2 is 1.69 bits per heavy atom. The molecule has 3 aromatic carbocycles. The highest BCUT2D eigenvalue weighted by Gasteiger charge is 2.27. The van der Waals surface area contributed by atoms with Crippen molar-refractivity contribution < 1.29 is 13.2 Å². The molecule has 3 rings (SSSR count). The van der Waals surface area contributed by atoms with Gasteiger partial charge in [0, 0.05) is 21.7 Å². The summed E-state index contributed by atoms with van der Waals surface area (Å²) < 4.78 is 28.7. The van der Waals surface area contributed by atoms with Crippen molar-refractivity contribution >= 4 is 49.1 Å². The molecule has 0 aliphatic heterocycles. The number of halogens is 2. The van der Waals surface area contributed by atoms with Gasteiger partial charge in [0.2, 0.25) is 15.9 Å². The molecule has 0 aliphatic rings. The summed E-state index contributed by atoms with van der Waals surface area (Å²) in [6.45, 7) is 3.64. The fourth-order valence-electron chi connectivity index (χ4n) is 3.32. The van der Waals surface area contributed by atoms with Gasteiger partial charge in [-0.15, -0.1) is 0 Å². The Labute approximate surface area is 202 Å². The SMILES string of the molecule is CCc1cccc(C)c1NC(=O)CN(Cc1ccc(Cl)cc1)S(=O)(=O)c1ccc(Br)cc1. The molecule has 0 unspecified atom stereocenters. The molecule has 0 saturated carbocycles. The number of carbonyl (C=O) groups excluding carboxylic acids is 1. The largest absolute Gasteiger partial charge is 0.324 e. The van der Waals surface area contributed by atoms with Gasteiger partial charge in [-0.05, 0) is 66.4 Å². The molecule has 3 aromatic rings. The van der Waals surface area contributed by atoms with E-state index in [9.17, 15) is 13.2 Å². The van der Waals surface area contributed by atoms with Gasteiger partial charge in [0.1, 0.15) is 0 Å². The average Bonchev–Trinajstić information content (AvgIpc) is 2.76. The van der Waals surface area contributed by atoms with Crippen LogP contribution in [0.25, 0.3) is 0 Å². The van der Waals surface area contributed by atoms with Gasteiger partial charge in [-0.25, -0.2) is 8.42 Å². The summed E-state index contributed by atoms with van der Waals surface area (Å²) >= 11 is 9.29. The van der Waals surface area contributed by atoms with Crippen molar-refractivity contribution in [2.75, 3.05) is 11.9 Å². The lowest BCUT2D eigenvalue weighted by Gasteiger charge is -2.23. The molecule has 0 bridgehead atoms. The van der Waals surface area contributed by atoms with Crippen LogP contribution in [0.3, 0.4) is 0 Å². The first kappa shape index (κ1) is 24.5. The van der Waals surface area contributed by atoms with E-state index in [1.54, 1.807) is 36.4 Å². The molecule has 0 fully saturated rings. The minimum Gasteiger partial charge on any atom is -0.324 e. The Morgan fingerprint density at radius 1 is 1.03 bits per heavy atom. The van der Waals surface area contributed by atoms with E-state index in [2.05, 4.69) is 21.2 Å². The molecule has 8 heteroatoms. The Kier molecular flexibility index (Phi) is 8.11. The smallest absolute Gasteiger partial charge is 0.243 e. The number of amides is 1. The number of hydrogen-bond acceptors (Lipinski definition) is 3. The minimum atomic E-state index is -3.92. The molecular weight excluding hydrogens is 512 g/mol. The third-order valence-corrected chi connectivity index (χ3v) is 7.63. The van der Waals surface area contributed by atoms with Gasteiger partial charge in [-0.3, -0.25) is 4.79 Å². The van der Waals surface area contributed by atoms with E-state index in [0.717, 1.165) is 33.3 Å². The molecule has 5 nitrogen and oxygen atoms in total. The van der Waals surface area contributed by atoms with Crippen molar-refractivity contribution in [1.29, 1.82) is 0 Å². The van der Waals surface area contributed by atoms with Gasteiger partial charge < -0.3 is 5.32 Å². The second-order valence-corrected chi connectivity index (χ2v) is 10.7. The van der Waals surface area contributed by atoms with Crippen molar-refractivity contribution in [2.45, 2.75) is 31.7 Å². The van der Waals surface area contributed by atoms with Crippen LogP contribution in [0.4, 0.5) is 5.69 Å². The molecular formula is C24H24BrClN2O3S. The maximum atomic E-state index is 13.4. The Balaban J connectivity index is 1.91. The Morgan fingerprint density at radius 3 is 2.31 bits per heavy atom. The first-order chi connectivity index (χ1) is 15.2. The van der Waals surface area contributed by atoms with Gasteiger partial charge >= 0.3 is 0 Å². The number of benzene rings is 3. The van der Waals surface area contributed by atoms with Crippen molar-refractivity contribution in [1.82, 2.24) is 4.31 Å². The molecule has 0 spiro atoms. The summed E-state index contributed by atoms with van der Waals surface area (Å²) in [7, 11) is -3.92. The number of nitrogens with zero attached hydrogens (tertiary/aromatic N) is 1. The molecule has 0 aliphatic carbocycles. The zero-order chi connectivity index (χ0) is 23.3. The molecule has 0 saturated heterocycles. The second kappa shape index (κ2) is 10.6. The van der Waals surface area contributed by atoms with E-state index in [0.29, 0.717) is 5.02 Å². The molecule has 0 radical (unpaired) electrons. The Bertz CT molecular complexity index is 1200. The van der Waals surface area contributed by atoms with E-state index in [4.69, 9.17) is 11.6 Å². The third-order valence-electron chi connectivity index (χ3n) is 5.05. The number of aryl methyl sites for hydroxylation is 2. The monoisotopic (exact) mass is 534 g/mol. The van der Waals surface area contributed by atoms with Crippen molar-refractivity contribution in [2.24, 2.45) is 0 Å². The fourth-order valence-corrected chi connectivity index (χ4v) is 5.09. The van der Waals surface area contributed by atoms with Gasteiger partial charge in [0.25, 0.3) is 0 Å². The van der Waals surface area contributed by atoms with Gasteiger partial charge in [0.15, 0.2) is 0 Å². The van der Waals surface area contributed by atoms with Crippen molar-refractivity contribution in [3.05, 3.63) is 92.9 Å². The van der Waals surface area contributed by atoms with E-state index < -0.39 is 15.9 Å². The van der Waals surface area contributed by atoms with Crippen LogP contribution in [0.15, 0.2) is 76.1 Å². The molecule has 1 amide bonds. The summed E-state index contributed by atoms with van der Waals surface area (Å²) in [5, 5.41) is 3.47. The number of anilines is 1. The maximum Gasteiger partial charge on any atom is 0.243 e. The van der Waals surface area contributed by atoms with Crippen LogP contribution in [-0.4, -0.2) is 25.2 Å². The zero-order valence-corrected chi connectivity index (χ0v) is 21.0. The minimum absolute atomic E-state index is 0.0391. The van der Waals surface area contributed by atoms with E-state index in [-0.39, 0.29) is 18.0 Å². The highest BCUT2D eigenvalue weighted by Crippen LogP contribution is 2.24. The van der Waals surface area contributed by atoms with Crippen LogP contribution in [0.1, 0.15) is 23.6 Å². The van der Waals surface area contributed by atoms with Gasteiger partial charge in [-0.2, -0.15) is 4.31 Å². The van der Waals surface area contributed by atoms with Crippen LogP contribution in [-0.2, 0) is 27.8 Å². The lowest BCUT2D eigenvalue weighted by molar-refractivity contribution is -0.116. The summed E-state index contributed by atoms with van der Waals surface area (Å²) in [4.78, 5) is 13.1. The lowest BCUT2D eigenvalue weighted by Crippen LogP contribution is -2.37. The maximum absolute atomic E-state index is 13.4. The van der Waals surface area contributed by atoms with E-state index >= 15 is 0 Å².